The van der Waals surface area contributed by atoms with Crippen LogP contribution in [0.3, 0.4) is 0 Å². The number of pyridine rings is 1. The lowest BCUT2D eigenvalue weighted by Gasteiger charge is -2.25. The van der Waals surface area contributed by atoms with Crippen molar-refractivity contribution in [2.45, 2.75) is 24.9 Å². The van der Waals surface area contributed by atoms with Gasteiger partial charge in [0, 0.05) is 17.2 Å². The monoisotopic (exact) mass is 652 g/mol. The highest BCUT2D eigenvalue weighted by Crippen LogP contribution is 2.43. The van der Waals surface area contributed by atoms with Crippen LogP contribution in [0, 0.1) is 18.6 Å². The summed E-state index contributed by atoms with van der Waals surface area (Å²) in [5, 5.41) is 1.08. The number of aryl methyl sites for hydroxylation is 1. The van der Waals surface area contributed by atoms with Crippen molar-refractivity contribution >= 4 is 51.1 Å². The van der Waals surface area contributed by atoms with Crippen molar-refractivity contribution < 1.29 is 58.9 Å². The molecule has 0 aliphatic carbocycles. The molecule has 19 heteroatoms. The van der Waals surface area contributed by atoms with E-state index in [1.165, 1.54) is 42.7 Å². The maximum Gasteiger partial charge on any atom is 0.573 e. The third-order valence-electron chi connectivity index (χ3n) is 4.72. The van der Waals surface area contributed by atoms with E-state index in [1.807, 2.05) is 0 Å². The Kier molecular flexibility index (Phi) is 9.10. The number of hydrogen-bond donors (Lipinski definition) is 1. The highest BCUT2D eigenvalue weighted by Gasteiger charge is 2.36. The summed E-state index contributed by atoms with van der Waals surface area (Å²) in [5.74, 6) is -9.81. The Bertz CT molecular complexity index is 1470. The van der Waals surface area contributed by atoms with E-state index in [1.54, 1.807) is 0 Å². The number of carbonyl (C=O) groups is 1. The number of hydrogen-bond acceptors (Lipinski definition) is 6. The molecular formula is C22H16B3BrF8N2O5. The zero-order valence-corrected chi connectivity index (χ0v) is 22.9. The number of nitrogens with one attached hydrogen (secondary N) is 1. The Morgan fingerprint density at radius 3 is 1.90 bits per heavy atom. The predicted octanol–water partition coefficient (Wildman–Crippen LogP) is 4.16. The quantitative estimate of drug-likeness (QED) is 0.224. The lowest BCUT2D eigenvalue weighted by Crippen LogP contribution is -2.38. The van der Waals surface area contributed by atoms with Gasteiger partial charge >= 0.3 is 12.7 Å². The fourth-order valence-corrected chi connectivity index (χ4v) is 3.51. The minimum atomic E-state index is -5.34. The molecule has 0 fully saturated rings. The first-order chi connectivity index (χ1) is 18.7. The van der Waals surface area contributed by atoms with Crippen molar-refractivity contribution in [2.24, 2.45) is 0 Å². The van der Waals surface area contributed by atoms with Gasteiger partial charge in [-0.1, -0.05) is 0 Å². The largest absolute Gasteiger partial charge is 0.573 e. The molecule has 0 atom stereocenters. The normalized spacial score (nSPS) is 12.0. The van der Waals surface area contributed by atoms with Gasteiger partial charge in [0.1, 0.15) is 39.5 Å². The summed E-state index contributed by atoms with van der Waals surface area (Å²) in [4.78, 5) is 17.1. The van der Waals surface area contributed by atoms with Gasteiger partial charge in [-0.3, -0.25) is 4.79 Å². The van der Waals surface area contributed by atoms with Gasteiger partial charge in [-0.25, -0.2) is 9.37 Å². The Hall–Kier alpha value is -3.63. The molecule has 7 nitrogen and oxygen atoms in total. The predicted molar refractivity (Wildman–Crippen MR) is 140 cm³/mol. The number of benzene rings is 2. The van der Waals surface area contributed by atoms with E-state index in [0.717, 1.165) is 6.07 Å². The van der Waals surface area contributed by atoms with Crippen molar-refractivity contribution in [1.29, 1.82) is 0 Å². The number of aromatic nitrogens is 1. The molecule has 0 saturated heterocycles. The molecule has 1 aromatic heterocycles. The molecule has 0 aliphatic heterocycles. The van der Waals surface area contributed by atoms with E-state index < -0.39 is 69.9 Å². The van der Waals surface area contributed by atoms with Crippen LogP contribution in [0.25, 0.3) is 0 Å². The van der Waals surface area contributed by atoms with Gasteiger partial charge in [-0.15, -0.1) is 26.3 Å². The molecule has 1 N–H and O–H groups in total. The SMILES string of the molecule is BC(B)(B)Oc1c(Oc2ccc(OC(F)(F)F)c(F)c2C(=O)Nc2cc(Br)ncc2C)ccc(OC(F)(F)F)c1F. The number of amides is 1. The van der Waals surface area contributed by atoms with Crippen LogP contribution in [-0.2, 0) is 0 Å². The second-order valence-electron chi connectivity index (χ2n) is 9.14. The molecule has 0 spiro atoms. The van der Waals surface area contributed by atoms with E-state index in [-0.39, 0.29) is 10.3 Å². The molecule has 3 rings (SSSR count). The molecule has 0 aliphatic rings. The second-order valence-corrected chi connectivity index (χ2v) is 9.96. The van der Waals surface area contributed by atoms with E-state index >= 15 is 8.78 Å². The molecule has 216 valence electrons. The number of nitrogens with zero attached hydrogens (tertiary/aromatic N) is 1. The Morgan fingerprint density at radius 1 is 0.854 bits per heavy atom. The number of ether oxygens (including phenoxy) is 4. The van der Waals surface area contributed by atoms with Gasteiger partial charge in [0.2, 0.25) is 5.82 Å². The van der Waals surface area contributed by atoms with E-state index in [0.29, 0.717) is 23.8 Å². The molecule has 2 aromatic carbocycles. The average molecular weight is 653 g/mol. The number of rotatable bonds is 8. The van der Waals surface area contributed by atoms with Crippen molar-refractivity contribution in [3.8, 4) is 28.7 Å². The number of anilines is 1. The average Bonchev–Trinajstić information content (AvgIpc) is 2.80. The molecule has 0 radical (unpaired) electrons. The Morgan fingerprint density at radius 2 is 1.37 bits per heavy atom. The fourth-order valence-electron chi connectivity index (χ4n) is 3.18. The van der Waals surface area contributed by atoms with Gasteiger partial charge in [-0.05, 0) is 58.7 Å². The molecular weight excluding hydrogens is 637 g/mol. The number of carbonyl (C=O) groups excluding carboxylic acids is 1. The number of alkyl halides is 6. The van der Waals surface area contributed by atoms with Crippen LogP contribution in [0.15, 0.2) is 41.1 Å². The Labute approximate surface area is 237 Å². The first-order valence-corrected chi connectivity index (χ1v) is 12.0. The van der Waals surface area contributed by atoms with Gasteiger partial charge in [0.25, 0.3) is 5.91 Å². The van der Waals surface area contributed by atoms with E-state index in [4.69, 9.17) is 9.47 Å². The smallest absolute Gasteiger partial charge is 0.508 e. The van der Waals surface area contributed by atoms with Crippen LogP contribution in [0.1, 0.15) is 15.9 Å². The van der Waals surface area contributed by atoms with Crippen molar-refractivity contribution in [2.75, 3.05) is 5.32 Å². The van der Waals surface area contributed by atoms with Gasteiger partial charge in [0.15, 0.2) is 28.8 Å². The molecule has 41 heavy (non-hydrogen) atoms. The lowest BCUT2D eigenvalue weighted by atomic mass is 9.52. The molecule has 3 aromatic rings. The topological polar surface area (TPSA) is 78.9 Å². The third kappa shape index (κ3) is 8.68. The summed E-state index contributed by atoms with van der Waals surface area (Å²) >= 11 is 3.09. The van der Waals surface area contributed by atoms with E-state index in [9.17, 15) is 31.1 Å². The van der Waals surface area contributed by atoms with Crippen LogP contribution < -0.4 is 24.3 Å². The summed E-state index contributed by atoms with van der Waals surface area (Å²) in [7, 11) is 4.26. The minimum absolute atomic E-state index is 0.0841. The lowest BCUT2D eigenvalue weighted by molar-refractivity contribution is -0.276. The number of halogens is 9. The molecule has 0 saturated carbocycles. The highest BCUT2D eigenvalue weighted by molar-refractivity contribution is 9.10. The zero-order chi connectivity index (χ0) is 30.9. The zero-order valence-electron chi connectivity index (χ0n) is 21.4. The molecule has 0 bridgehead atoms. The minimum Gasteiger partial charge on any atom is -0.508 e. The highest BCUT2D eigenvalue weighted by atomic mass is 79.9. The second kappa shape index (κ2) is 11.7. The van der Waals surface area contributed by atoms with Crippen LogP contribution in [0.5, 0.6) is 28.7 Å². The summed E-state index contributed by atoms with van der Waals surface area (Å²) in [6.07, 6.45) is -9.28. The van der Waals surface area contributed by atoms with Gasteiger partial charge in [-0.2, -0.15) is 4.39 Å². The third-order valence-corrected chi connectivity index (χ3v) is 5.15. The Balaban J connectivity index is 2.16. The summed E-state index contributed by atoms with van der Waals surface area (Å²) in [6, 6.07) is 3.84. The van der Waals surface area contributed by atoms with Crippen molar-refractivity contribution in [1.82, 2.24) is 4.98 Å². The van der Waals surface area contributed by atoms with Gasteiger partial charge < -0.3 is 24.3 Å². The van der Waals surface area contributed by atoms with Crippen molar-refractivity contribution in [3.05, 3.63) is 63.9 Å². The molecule has 1 heterocycles. The standard InChI is InChI=1S/C22H16B3BrF8N2O5/c1-8-7-35-14(26)6-9(8)36-19(37)15-10(2-3-11(16(15)27)39-21(29,30)31)38-13-5-4-12(40-22(32,33)34)17(28)18(13)41-20(23,24)25/h2-7H,23-25H2,1H3,(H,35,36,37). The van der Waals surface area contributed by atoms with Crippen LogP contribution >= 0.6 is 15.9 Å². The molecule has 0 unspecified atom stereocenters. The summed E-state index contributed by atoms with van der Waals surface area (Å²) in [6.45, 7) is 1.52. The van der Waals surface area contributed by atoms with Gasteiger partial charge in [0.05, 0.1) is 0 Å². The van der Waals surface area contributed by atoms with E-state index in [2.05, 4.69) is 35.7 Å². The maximum atomic E-state index is 15.4. The van der Waals surface area contributed by atoms with Crippen LogP contribution in [0.4, 0.5) is 40.8 Å². The van der Waals surface area contributed by atoms with Crippen molar-refractivity contribution in [3.63, 3.8) is 0 Å². The first kappa shape index (κ1) is 31.9. The summed E-state index contributed by atoms with van der Waals surface area (Å²) in [5.41, 5.74) is -0.645. The molecule has 1 amide bonds. The maximum absolute atomic E-state index is 15.4. The van der Waals surface area contributed by atoms with Crippen LogP contribution in [-0.4, -0.2) is 52.5 Å². The fraction of sp³-hybridized carbons (Fsp3) is 0.182. The van der Waals surface area contributed by atoms with Crippen LogP contribution in [0.2, 0.25) is 0 Å². The first-order valence-electron chi connectivity index (χ1n) is 11.2. The summed E-state index contributed by atoms with van der Waals surface area (Å²) < 4.78 is 126.